The van der Waals surface area contributed by atoms with Gasteiger partial charge in [0.05, 0.1) is 6.04 Å². The highest BCUT2D eigenvalue weighted by Gasteiger charge is 2.45. The van der Waals surface area contributed by atoms with E-state index in [2.05, 4.69) is 0 Å². The molecule has 2 bridgehead atoms. The minimum Gasteiger partial charge on any atom is -0.444 e. The minimum atomic E-state index is -0.499. The third kappa shape index (κ3) is 2.45. The molecule has 0 spiro atoms. The second-order valence-electron chi connectivity index (χ2n) is 6.08. The molecule has 0 aromatic heterocycles. The fourth-order valence-corrected chi connectivity index (χ4v) is 2.95. The minimum absolute atomic E-state index is 0.199. The fraction of sp³-hybridized carbons (Fsp3) is 0.846. The molecule has 0 N–H and O–H groups in total. The molecular weight excluding hydrogens is 218 g/mol. The summed E-state index contributed by atoms with van der Waals surface area (Å²) >= 11 is 0. The Hall–Kier alpha value is -1.06. The molecule has 0 unspecified atom stereocenters. The topological polar surface area (TPSA) is 46.6 Å². The number of rotatable bonds is 1. The lowest BCUT2D eigenvalue weighted by atomic mass is 9.75. The van der Waals surface area contributed by atoms with E-state index in [1.54, 1.807) is 4.90 Å². The molecule has 0 aromatic carbocycles. The van der Waals surface area contributed by atoms with E-state index in [9.17, 15) is 9.59 Å². The highest BCUT2D eigenvalue weighted by molar-refractivity contribution is 5.75. The van der Waals surface area contributed by atoms with Crippen LogP contribution in [0.25, 0.3) is 0 Å². The summed E-state index contributed by atoms with van der Waals surface area (Å²) in [5.41, 5.74) is -0.499. The van der Waals surface area contributed by atoms with Gasteiger partial charge < -0.3 is 9.53 Å². The average molecular weight is 239 g/mol. The van der Waals surface area contributed by atoms with Gasteiger partial charge in [-0.2, -0.15) is 0 Å². The first-order chi connectivity index (χ1) is 7.92. The first kappa shape index (κ1) is 12.4. The lowest BCUT2D eigenvalue weighted by molar-refractivity contribution is -0.120. The van der Waals surface area contributed by atoms with E-state index in [1.807, 2.05) is 20.8 Å². The molecule has 1 saturated carbocycles. The maximum Gasteiger partial charge on any atom is 0.411 e. The van der Waals surface area contributed by atoms with Gasteiger partial charge >= 0.3 is 6.09 Å². The number of aldehydes is 1. The first-order valence-corrected chi connectivity index (χ1v) is 6.39. The Labute approximate surface area is 102 Å². The molecule has 3 rings (SSSR count). The van der Waals surface area contributed by atoms with E-state index < -0.39 is 5.60 Å². The van der Waals surface area contributed by atoms with Crippen molar-refractivity contribution in [2.75, 3.05) is 0 Å². The van der Waals surface area contributed by atoms with E-state index in [4.69, 9.17) is 4.74 Å². The lowest BCUT2D eigenvalue weighted by Crippen LogP contribution is -2.59. The summed E-state index contributed by atoms with van der Waals surface area (Å²) in [5, 5.41) is 0. The zero-order valence-corrected chi connectivity index (χ0v) is 10.8. The summed E-state index contributed by atoms with van der Waals surface area (Å²) in [6.07, 6.45) is 4.73. The zero-order valence-electron chi connectivity index (χ0n) is 10.8. The van der Waals surface area contributed by atoms with Crippen molar-refractivity contribution in [1.82, 2.24) is 4.90 Å². The molecule has 0 aromatic rings. The van der Waals surface area contributed by atoms with Crippen molar-refractivity contribution in [3.63, 3.8) is 0 Å². The molecule has 1 atom stereocenters. The van der Waals surface area contributed by atoms with Crippen LogP contribution in [0.4, 0.5) is 4.79 Å². The monoisotopic (exact) mass is 239 g/mol. The maximum atomic E-state index is 12.1. The molecule has 2 aliphatic heterocycles. The number of hydrogen-bond acceptors (Lipinski definition) is 3. The number of piperidine rings is 2. The molecule has 96 valence electrons. The quantitative estimate of drug-likeness (QED) is 0.660. The zero-order chi connectivity index (χ0) is 12.6. The maximum absolute atomic E-state index is 12.1. The van der Waals surface area contributed by atoms with Crippen molar-refractivity contribution in [3.05, 3.63) is 0 Å². The number of ether oxygens (including phenoxy) is 1. The van der Waals surface area contributed by atoms with Gasteiger partial charge in [-0.05, 0) is 52.4 Å². The largest absolute Gasteiger partial charge is 0.444 e. The van der Waals surface area contributed by atoms with Crippen LogP contribution in [0.3, 0.4) is 0 Å². The van der Waals surface area contributed by atoms with Crippen LogP contribution in [0.15, 0.2) is 0 Å². The molecule has 2 saturated heterocycles. The van der Waals surface area contributed by atoms with Crippen LogP contribution >= 0.6 is 0 Å². The van der Waals surface area contributed by atoms with Gasteiger partial charge in [0.1, 0.15) is 11.9 Å². The van der Waals surface area contributed by atoms with Crippen LogP contribution in [-0.2, 0) is 9.53 Å². The Bertz CT molecular complexity index is 313. The summed E-state index contributed by atoms with van der Waals surface area (Å²) in [6.45, 7) is 5.55. The second-order valence-corrected chi connectivity index (χ2v) is 6.08. The SMILES string of the molecule is CC(C)(C)OC(=O)N1[C@H]2CC[C@H](CC2)[C@H]1C=O. The third-order valence-electron chi connectivity index (χ3n) is 3.68. The van der Waals surface area contributed by atoms with Crippen LogP contribution in [0.2, 0.25) is 0 Å². The second kappa shape index (κ2) is 4.31. The smallest absolute Gasteiger partial charge is 0.411 e. The summed E-state index contributed by atoms with van der Waals surface area (Å²) in [4.78, 5) is 25.0. The van der Waals surface area contributed by atoms with Crippen molar-refractivity contribution in [3.8, 4) is 0 Å². The highest BCUT2D eigenvalue weighted by atomic mass is 16.6. The fourth-order valence-electron chi connectivity index (χ4n) is 2.95. The van der Waals surface area contributed by atoms with Gasteiger partial charge in [0.2, 0.25) is 0 Å². The standard InChI is InChI=1S/C13H21NO3/c1-13(2,3)17-12(16)14-10-6-4-9(5-7-10)11(14)8-15/h8-11H,4-7H2,1-3H3/t9-,10+,11-/m1/s1. The molecule has 2 heterocycles. The summed E-state index contributed by atoms with van der Waals surface area (Å²) in [5.74, 6) is 0.338. The van der Waals surface area contributed by atoms with Gasteiger partial charge in [0.15, 0.2) is 0 Å². The Morgan fingerprint density at radius 3 is 2.29 bits per heavy atom. The molecule has 3 aliphatic rings. The van der Waals surface area contributed by atoms with Crippen LogP contribution in [0.1, 0.15) is 46.5 Å². The number of carbonyl (C=O) groups is 2. The van der Waals surface area contributed by atoms with Gasteiger partial charge in [-0.1, -0.05) is 0 Å². The summed E-state index contributed by atoms with van der Waals surface area (Å²) in [6, 6.07) is -0.0672. The first-order valence-electron chi connectivity index (χ1n) is 6.39. The number of carbonyl (C=O) groups excluding carboxylic acids is 2. The van der Waals surface area contributed by atoms with Gasteiger partial charge in [0, 0.05) is 6.04 Å². The molecule has 0 radical (unpaired) electrons. The molecule has 3 fully saturated rings. The van der Waals surface area contributed by atoms with Crippen molar-refractivity contribution in [1.29, 1.82) is 0 Å². The Morgan fingerprint density at radius 2 is 1.82 bits per heavy atom. The van der Waals surface area contributed by atoms with E-state index in [0.29, 0.717) is 5.92 Å². The third-order valence-corrected chi connectivity index (χ3v) is 3.68. The molecule has 1 amide bonds. The Balaban J connectivity index is 2.12. The van der Waals surface area contributed by atoms with Crippen molar-refractivity contribution in [2.45, 2.75) is 64.1 Å². The molecule has 1 aliphatic carbocycles. The predicted molar refractivity (Wildman–Crippen MR) is 63.7 cm³/mol. The number of fused-ring (bicyclic) bond motifs is 3. The van der Waals surface area contributed by atoms with Crippen molar-refractivity contribution < 1.29 is 14.3 Å². The molecule has 17 heavy (non-hydrogen) atoms. The summed E-state index contributed by atoms with van der Waals surface area (Å²) in [7, 11) is 0. The van der Waals surface area contributed by atoms with Gasteiger partial charge in [-0.15, -0.1) is 0 Å². The average Bonchev–Trinajstić information content (AvgIpc) is 2.26. The van der Waals surface area contributed by atoms with Gasteiger partial charge in [-0.3, -0.25) is 4.90 Å². The van der Waals surface area contributed by atoms with Crippen molar-refractivity contribution >= 4 is 12.4 Å². The van der Waals surface area contributed by atoms with E-state index in [1.165, 1.54) is 0 Å². The van der Waals surface area contributed by atoms with Gasteiger partial charge in [0.25, 0.3) is 0 Å². The number of nitrogens with zero attached hydrogens (tertiary/aromatic N) is 1. The van der Waals surface area contributed by atoms with Crippen LogP contribution < -0.4 is 0 Å². The molecular formula is C13H21NO3. The number of amides is 1. The van der Waals surface area contributed by atoms with E-state index in [0.717, 1.165) is 32.0 Å². The highest BCUT2D eigenvalue weighted by Crippen LogP contribution is 2.39. The molecule has 4 heteroatoms. The lowest BCUT2D eigenvalue weighted by Gasteiger charge is -2.49. The van der Waals surface area contributed by atoms with E-state index in [-0.39, 0.29) is 18.2 Å². The molecule has 4 nitrogen and oxygen atoms in total. The van der Waals surface area contributed by atoms with E-state index >= 15 is 0 Å². The normalized spacial score (nSPS) is 32.4. The van der Waals surface area contributed by atoms with Crippen LogP contribution in [0.5, 0.6) is 0 Å². The van der Waals surface area contributed by atoms with Gasteiger partial charge in [-0.25, -0.2) is 4.79 Å². The predicted octanol–water partition coefficient (Wildman–Crippen LogP) is 2.36. The van der Waals surface area contributed by atoms with Crippen LogP contribution in [-0.4, -0.2) is 35.0 Å². The van der Waals surface area contributed by atoms with Crippen molar-refractivity contribution in [2.24, 2.45) is 5.92 Å². The Kier molecular flexibility index (Phi) is 3.15. The number of hydrogen-bond donors (Lipinski definition) is 0. The Morgan fingerprint density at radius 1 is 1.24 bits per heavy atom. The summed E-state index contributed by atoms with van der Waals surface area (Å²) < 4.78 is 5.39. The van der Waals surface area contributed by atoms with Crippen LogP contribution in [0, 0.1) is 5.92 Å².